The Morgan fingerprint density at radius 3 is 1.82 bits per heavy atom. The predicted molar refractivity (Wildman–Crippen MR) is 164 cm³/mol. The average Bonchev–Trinajstić information content (AvgIpc) is 3.52. The van der Waals surface area contributed by atoms with Crippen LogP contribution in [0.2, 0.25) is 0 Å². The van der Waals surface area contributed by atoms with Crippen LogP contribution in [0.5, 0.6) is 0 Å². The van der Waals surface area contributed by atoms with Gasteiger partial charge in [0.25, 0.3) is 0 Å². The number of hydrogen-bond acceptors (Lipinski definition) is 8. The molecule has 4 N–H and O–H groups in total. The van der Waals surface area contributed by atoms with E-state index in [1.165, 1.54) is 23.4 Å². The number of benzene rings is 2. The van der Waals surface area contributed by atoms with E-state index in [0.29, 0.717) is 41.5 Å². The molecule has 5 rings (SSSR count). The molecule has 2 heterocycles. The van der Waals surface area contributed by atoms with Crippen LogP contribution in [0.1, 0.15) is 40.0 Å². The Morgan fingerprint density at radius 1 is 0.795 bits per heavy atom. The van der Waals surface area contributed by atoms with Crippen molar-refractivity contribution >= 4 is 58.2 Å². The van der Waals surface area contributed by atoms with Crippen molar-refractivity contribution in [3.63, 3.8) is 0 Å². The molecular formula is C30H36N8O6. The van der Waals surface area contributed by atoms with Gasteiger partial charge in [0.2, 0.25) is 11.9 Å². The fraction of sp³-hybridized carbons (Fsp3) is 0.400. The molecule has 232 valence electrons. The Balaban J connectivity index is 1.35. The van der Waals surface area contributed by atoms with Gasteiger partial charge in [-0.15, -0.1) is 0 Å². The number of anilines is 2. The molecule has 2 aromatic heterocycles. The molecule has 0 saturated heterocycles. The van der Waals surface area contributed by atoms with Crippen LogP contribution in [0.3, 0.4) is 0 Å². The van der Waals surface area contributed by atoms with Gasteiger partial charge in [-0.05, 0) is 54.4 Å². The molecule has 4 aromatic rings. The SMILES string of the molecule is COC(=O)Nc1nc2ccccc2n1C(=O)NCC1(C)CC(NC(=O)n2c(NC(=O)OC)nc3ccccc32)CC(C)(C)C1. The Labute approximate surface area is 253 Å². The van der Waals surface area contributed by atoms with Gasteiger partial charge < -0.3 is 20.1 Å². The minimum atomic E-state index is -0.746. The van der Waals surface area contributed by atoms with Crippen LogP contribution in [0, 0.1) is 10.8 Å². The van der Waals surface area contributed by atoms with E-state index >= 15 is 0 Å². The van der Waals surface area contributed by atoms with Crippen LogP contribution in [0.4, 0.5) is 31.1 Å². The van der Waals surface area contributed by atoms with E-state index in [9.17, 15) is 19.2 Å². The van der Waals surface area contributed by atoms with Crippen molar-refractivity contribution in [2.75, 3.05) is 31.4 Å². The molecule has 44 heavy (non-hydrogen) atoms. The van der Waals surface area contributed by atoms with E-state index < -0.39 is 29.7 Å². The van der Waals surface area contributed by atoms with E-state index in [1.807, 2.05) is 0 Å². The van der Waals surface area contributed by atoms with Gasteiger partial charge in [0.15, 0.2) is 0 Å². The summed E-state index contributed by atoms with van der Waals surface area (Å²) in [5.41, 5.74) is 1.57. The Kier molecular flexibility index (Phi) is 8.17. The molecular weight excluding hydrogens is 568 g/mol. The highest BCUT2D eigenvalue weighted by Gasteiger charge is 2.42. The number of nitrogens with zero attached hydrogens (tertiary/aromatic N) is 4. The summed E-state index contributed by atoms with van der Waals surface area (Å²) in [5.74, 6) is 0.0864. The van der Waals surface area contributed by atoms with Crippen LogP contribution in [-0.2, 0) is 9.47 Å². The minimum Gasteiger partial charge on any atom is -0.453 e. The van der Waals surface area contributed by atoms with Crippen LogP contribution < -0.4 is 21.3 Å². The summed E-state index contributed by atoms with van der Waals surface area (Å²) in [6, 6.07) is 13.0. The largest absolute Gasteiger partial charge is 0.453 e. The van der Waals surface area contributed by atoms with Gasteiger partial charge in [-0.3, -0.25) is 10.6 Å². The zero-order valence-corrected chi connectivity index (χ0v) is 25.3. The number of para-hydroxylation sites is 4. The number of ether oxygens (including phenoxy) is 2. The molecule has 0 aliphatic heterocycles. The third-order valence-corrected chi connectivity index (χ3v) is 7.76. The lowest BCUT2D eigenvalue weighted by molar-refractivity contribution is 0.0751. The monoisotopic (exact) mass is 604 g/mol. The maximum atomic E-state index is 13.7. The van der Waals surface area contributed by atoms with Crippen LogP contribution in [0.25, 0.3) is 22.1 Å². The first-order valence-corrected chi connectivity index (χ1v) is 14.2. The summed E-state index contributed by atoms with van der Waals surface area (Å²) in [6.45, 7) is 6.63. The number of rotatable bonds is 5. The van der Waals surface area contributed by atoms with Crippen LogP contribution in [-0.4, -0.2) is 70.2 Å². The number of aromatic nitrogens is 4. The smallest absolute Gasteiger partial charge is 0.413 e. The highest BCUT2D eigenvalue weighted by atomic mass is 16.5. The fourth-order valence-corrected chi connectivity index (χ4v) is 6.39. The van der Waals surface area contributed by atoms with Gasteiger partial charge >= 0.3 is 24.2 Å². The molecule has 2 atom stereocenters. The minimum absolute atomic E-state index is 0.0405. The first kappa shape index (κ1) is 30.3. The lowest BCUT2D eigenvalue weighted by atomic mass is 9.62. The lowest BCUT2D eigenvalue weighted by Gasteiger charge is -2.46. The molecule has 1 aliphatic rings. The van der Waals surface area contributed by atoms with Gasteiger partial charge in [-0.2, -0.15) is 0 Å². The van der Waals surface area contributed by atoms with E-state index in [2.05, 4.69) is 52.0 Å². The van der Waals surface area contributed by atoms with Crippen LogP contribution in [0.15, 0.2) is 48.5 Å². The van der Waals surface area contributed by atoms with Gasteiger partial charge in [0.1, 0.15) is 0 Å². The number of carbonyl (C=O) groups excluding carboxylic acids is 4. The molecule has 2 unspecified atom stereocenters. The maximum absolute atomic E-state index is 13.7. The molecule has 1 aliphatic carbocycles. The topological polar surface area (TPSA) is 170 Å². The molecule has 1 saturated carbocycles. The van der Waals surface area contributed by atoms with Crippen molar-refractivity contribution in [2.45, 2.75) is 46.1 Å². The standard InChI is InChI=1S/C30H36N8O6/c1-29(2)14-18(32-26(40)38-22-13-9-7-11-20(22)34-24(38)36-28(42)44-5)15-30(3,16-29)17-31-25(39)37-21-12-8-6-10-19(21)33-23(37)35-27(41)43-4/h6-13,18H,14-17H2,1-5H3,(H,31,39)(H,32,40)(H,33,35,41)(H,34,36,42). The number of nitrogens with one attached hydrogen (secondary N) is 4. The first-order chi connectivity index (χ1) is 20.9. The summed E-state index contributed by atoms with van der Waals surface area (Å²) >= 11 is 0. The summed E-state index contributed by atoms with van der Waals surface area (Å²) in [5, 5.41) is 11.2. The van der Waals surface area contributed by atoms with Gasteiger partial charge in [0.05, 0.1) is 36.3 Å². The molecule has 0 bridgehead atoms. The molecule has 0 spiro atoms. The van der Waals surface area contributed by atoms with Crippen molar-refractivity contribution < 1.29 is 28.7 Å². The highest BCUT2D eigenvalue weighted by molar-refractivity contribution is 5.97. The summed E-state index contributed by atoms with van der Waals surface area (Å²) in [6.07, 6.45) is 0.575. The highest BCUT2D eigenvalue weighted by Crippen LogP contribution is 2.46. The van der Waals surface area contributed by atoms with E-state index in [0.717, 1.165) is 6.42 Å². The molecule has 14 heteroatoms. The third kappa shape index (κ3) is 6.28. The predicted octanol–water partition coefficient (Wildman–Crippen LogP) is 5.14. The maximum Gasteiger partial charge on any atom is 0.413 e. The Morgan fingerprint density at radius 2 is 1.30 bits per heavy atom. The first-order valence-electron chi connectivity index (χ1n) is 14.2. The number of carbonyl (C=O) groups is 4. The zero-order valence-electron chi connectivity index (χ0n) is 25.3. The molecule has 1 fully saturated rings. The number of amides is 4. The second kappa shape index (κ2) is 11.9. The Bertz CT molecular complexity index is 1740. The van der Waals surface area contributed by atoms with Crippen molar-refractivity contribution in [3.05, 3.63) is 48.5 Å². The number of hydrogen-bond donors (Lipinski definition) is 4. The molecule has 2 aromatic carbocycles. The molecule has 4 amide bonds. The number of imidazole rings is 2. The van der Waals surface area contributed by atoms with Crippen molar-refractivity contribution in [3.8, 4) is 0 Å². The second-order valence-electron chi connectivity index (χ2n) is 12.1. The van der Waals surface area contributed by atoms with E-state index in [1.54, 1.807) is 48.5 Å². The van der Waals surface area contributed by atoms with Gasteiger partial charge in [-0.1, -0.05) is 45.0 Å². The fourth-order valence-electron chi connectivity index (χ4n) is 6.39. The molecule has 0 radical (unpaired) electrons. The number of methoxy groups -OCH3 is 2. The third-order valence-electron chi connectivity index (χ3n) is 7.76. The van der Waals surface area contributed by atoms with Gasteiger partial charge in [0, 0.05) is 12.6 Å². The normalized spacial score (nSPS) is 19.2. The van der Waals surface area contributed by atoms with Crippen molar-refractivity contribution in [1.29, 1.82) is 0 Å². The quantitative estimate of drug-likeness (QED) is 0.242. The lowest BCUT2D eigenvalue weighted by Crippen LogP contribution is -2.51. The summed E-state index contributed by atoms with van der Waals surface area (Å²) < 4.78 is 12.1. The Hall–Kier alpha value is -5.14. The second-order valence-corrected chi connectivity index (χ2v) is 12.1. The van der Waals surface area contributed by atoms with Crippen molar-refractivity contribution in [2.24, 2.45) is 10.8 Å². The van der Waals surface area contributed by atoms with Gasteiger partial charge in [-0.25, -0.2) is 38.3 Å². The zero-order chi connectivity index (χ0) is 31.6. The number of fused-ring (bicyclic) bond motifs is 2. The van der Waals surface area contributed by atoms with Crippen molar-refractivity contribution in [1.82, 2.24) is 29.7 Å². The van der Waals surface area contributed by atoms with Crippen LogP contribution >= 0.6 is 0 Å². The van der Waals surface area contributed by atoms with E-state index in [4.69, 9.17) is 9.47 Å². The molecule has 14 nitrogen and oxygen atoms in total. The summed E-state index contributed by atoms with van der Waals surface area (Å²) in [7, 11) is 2.47. The summed E-state index contributed by atoms with van der Waals surface area (Å²) in [4.78, 5) is 59.9. The van der Waals surface area contributed by atoms with E-state index in [-0.39, 0.29) is 23.4 Å². The average molecular weight is 605 g/mol.